The molecule has 0 radical (unpaired) electrons. The number of benzene rings is 1. The van der Waals surface area contributed by atoms with E-state index in [1.54, 1.807) is 30.3 Å². The van der Waals surface area contributed by atoms with Gasteiger partial charge >= 0.3 is 18.5 Å². The molecule has 1 heterocycles. The number of alkyl halides is 9. The Morgan fingerprint density at radius 1 is 0.903 bits per heavy atom. The van der Waals surface area contributed by atoms with E-state index in [1.807, 2.05) is 0 Å². The molecule has 0 saturated carbocycles. The van der Waals surface area contributed by atoms with E-state index in [-0.39, 0.29) is 23.5 Å². The highest BCUT2D eigenvalue weighted by molar-refractivity contribution is 7.99. The van der Waals surface area contributed by atoms with Crippen LogP contribution in [0.5, 0.6) is 0 Å². The third kappa shape index (κ3) is 6.83. The fourth-order valence-electron chi connectivity index (χ4n) is 2.84. The maximum absolute atomic E-state index is 13.4. The summed E-state index contributed by atoms with van der Waals surface area (Å²) in [6.45, 7) is -0.823. The zero-order chi connectivity index (χ0) is 23.4. The summed E-state index contributed by atoms with van der Waals surface area (Å²) in [6, 6.07) is 8.32. The monoisotopic (exact) mass is 479 g/mol. The minimum Gasteiger partial charge on any atom is -0.361 e. The summed E-state index contributed by atoms with van der Waals surface area (Å²) in [6.07, 6.45) is -18.9. The molecule has 1 aromatic carbocycles. The Kier molecular flexibility index (Phi) is 8.01. The van der Waals surface area contributed by atoms with Crippen molar-refractivity contribution in [2.45, 2.75) is 42.4 Å². The van der Waals surface area contributed by atoms with E-state index in [0.29, 0.717) is 11.3 Å². The molecule has 0 aliphatic heterocycles. The van der Waals surface area contributed by atoms with Crippen molar-refractivity contribution < 1.29 is 44.3 Å². The van der Waals surface area contributed by atoms with Gasteiger partial charge in [-0.15, -0.1) is 11.8 Å². The largest absolute Gasteiger partial charge is 0.423 e. The topological polar surface area (TPSA) is 14.2 Å². The highest BCUT2D eigenvalue weighted by Crippen LogP contribution is 2.43. The molecule has 0 unspecified atom stereocenters. The summed E-state index contributed by atoms with van der Waals surface area (Å²) in [4.78, 5) is -0.0504. The van der Waals surface area contributed by atoms with E-state index in [2.05, 4.69) is 4.74 Å². The predicted octanol–water partition coefficient (Wildman–Crippen LogP) is 7.09. The van der Waals surface area contributed by atoms with Crippen LogP contribution in [0.2, 0.25) is 0 Å². The van der Waals surface area contributed by atoms with Crippen LogP contribution in [0.4, 0.5) is 39.5 Å². The van der Waals surface area contributed by atoms with Crippen LogP contribution in [-0.2, 0) is 18.0 Å². The van der Waals surface area contributed by atoms with Gasteiger partial charge in [0.05, 0.1) is 11.3 Å². The second-order valence-electron chi connectivity index (χ2n) is 6.58. The van der Waals surface area contributed by atoms with Crippen LogP contribution in [0.3, 0.4) is 0 Å². The molecular weight excluding hydrogens is 461 g/mol. The number of halogens is 9. The summed E-state index contributed by atoms with van der Waals surface area (Å²) in [5.41, 5.74) is 0.0113. The maximum atomic E-state index is 13.4. The molecule has 0 saturated heterocycles. The number of ether oxygens (including phenoxy) is 1. The third-order valence-corrected chi connectivity index (χ3v) is 5.35. The van der Waals surface area contributed by atoms with Crippen molar-refractivity contribution in [3.05, 3.63) is 42.1 Å². The van der Waals surface area contributed by atoms with E-state index >= 15 is 0 Å². The number of unbranched alkanes of at least 4 members (excludes halogenated alkanes) is 1. The lowest BCUT2D eigenvalue weighted by Crippen LogP contribution is -2.44. The molecule has 31 heavy (non-hydrogen) atoms. The Hall–Kier alpha value is -1.82. The highest BCUT2D eigenvalue weighted by Gasteiger charge is 2.57. The fraction of sp³-hybridized carbons (Fsp3) is 0.474. The molecule has 0 aliphatic rings. The van der Waals surface area contributed by atoms with Crippen molar-refractivity contribution in [1.29, 1.82) is 0 Å². The molecule has 0 spiro atoms. The van der Waals surface area contributed by atoms with Gasteiger partial charge in [0.1, 0.15) is 0 Å². The number of hydrogen-bond acceptors (Lipinski definition) is 2. The maximum Gasteiger partial charge on any atom is 0.423 e. The first-order chi connectivity index (χ1) is 14.2. The van der Waals surface area contributed by atoms with E-state index in [9.17, 15) is 39.5 Å². The minimum atomic E-state index is -5.59. The first-order valence-electron chi connectivity index (χ1n) is 8.92. The summed E-state index contributed by atoms with van der Waals surface area (Å²) in [5, 5.41) is 0. The van der Waals surface area contributed by atoms with Crippen LogP contribution >= 0.6 is 11.8 Å². The number of rotatable bonds is 8. The van der Waals surface area contributed by atoms with Crippen molar-refractivity contribution in [2.24, 2.45) is 7.05 Å². The minimum absolute atomic E-state index is 0.0504. The molecule has 2 aromatic rings. The number of aromatic nitrogens is 1. The number of nitrogens with zero attached hydrogens (tertiary/aromatic N) is 1. The molecule has 0 fully saturated rings. The molecule has 0 aliphatic carbocycles. The lowest BCUT2D eigenvalue weighted by Gasteiger charge is -2.23. The highest BCUT2D eigenvalue weighted by atomic mass is 32.2. The molecule has 2 rings (SSSR count). The molecule has 174 valence electrons. The Morgan fingerprint density at radius 2 is 1.48 bits per heavy atom. The second-order valence-corrected chi connectivity index (χ2v) is 7.69. The Labute approximate surface area is 176 Å². The van der Waals surface area contributed by atoms with Crippen molar-refractivity contribution in [1.82, 2.24) is 4.57 Å². The third-order valence-electron chi connectivity index (χ3n) is 4.15. The van der Waals surface area contributed by atoms with Crippen molar-refractivity contribution in [3.8, 4) is 11.3 Å². The van der Waals surface area contributed by atoms with Crippen molar-refractivity contribution in [3.63, 3.8) is 0 Å². The van der Waals surface area contributed by atoms with Gasteiger partial charge in [0.25, 0.3) is 0 Å². The van der Waals surface area contributed by atoms with Gasteiger partial charge in [0.15, 0.2) is 0 Å². The van der Waals surface area contributed by atoms with Crippen LogP contribution in [0.25, 0.3) is 11.3 Å². The summed E-state index contributed by atoms with van der Waals surface area (Å²) in [7, 11) is 1.46. The average molecular weight is 479 g/mol. The first-order valence-corrected chi connectivity index (χ1v) is 9.91. The van der Waals surface area contributed by atoms with Crippen LogP contribution in [0.1, 0.15) is 18.4 Å². The van der Waals surface area contributed by atoms with Gasteiger partial charge in [0.2, 0.25) is 6.10 Å². The van der Waals surface area contributed by atoms with E-state index in [0.717, 1.165) is 18.0 Å². The molecule has 2 nitrogen and oxygen atoms in total. The Balaban J connectivity index is 2.04. The lowest BCUT2D eigenvalue weighted by molar-refractivity contribution is -0.321. The molecule has 0 atom stereocenters. The van der Waals surface area contributed by atoms with Gasteiger partial charge < -0.3 is 9.30 Å². The zero-order valence-electron chi connectivity index (χ0n) is 16.0. The first kappa shape index (κ1) is 25.4. The number of hydrogen-bond donors (Lipinski definition) is 0. The van der Waals surface area contributed by atoms with Gasteiger partial charge in [-0.2, -0.15) is 39.5 Å². The van der Waals surface area contributed by atoms with Gasteiger partial charge in [-0.05, 0) is 24.2 Å². The quantitative estimate of drug-likeness (QED) is 0.228. The van der Waals surface area contributed by atoms with Crippen LogP contribution in [-0.4, -0.2) is 35.4 Å². The van der Waals surface area contributed by atoms with E-state index in [1.165, 1.54) is 11.6 Å². The molecule has 0 amide bonds. The molecule has 12 heteroatoms. The van der Waals surface area contributed by atoms with Crippen molar-refractivity contribution in [2.75, 3.05) is 12.4 Å². The van der Waals surface area contributed by atoms with Crippen LogP contribution < -0.4 is 0 Å². The van der Waals surface area contributed by atoms with Gasteiger partial charge in [-0.1, -0.05) is 30.3 Å². The molecular formula is C19H18F9NOS. The Morgan fingerprint density at radius 3 is 2.00 bits per heavy atom. The van der Waals surface area contributed by atoms with E-state index < -0.39 is 36.8 Å². The number of thioether (sulfide) groups is 1. The average Bonchev–Trinajstić information content (AvgIpc) is 2.96. The van der Waals surface area contributed by atoms with Gasteiger partial charge in [-0.25, -0.2) is 0 Å². The predicted molar refractivity (Wildman–Crippen MR) is 97.7 cm³/mol. The normalized spacial score (nSPS) is 13.3. The summed E-state index contributed by atoms with van der Waals surface area (Å²) in [5.74, 6) is 0.0546. The summed E-state index contributed by atoms with van der Waals surface area (Å²) < 4.78 is 120. The molecule has 0 N–H and O–H groups in total. The van der Waals surface area contributed by atoms with E-state index in [4.69, 9.17) is 0 Å². The van der Waals surface area contributed by atoms with Crippen LogP contribution in [0.15, 0.2) is 41.4 Å². The van der Waals surface area contributed by atoms with Gasteiger partial charge in [-0.3, -0.25) is 0 Å². The molecule has 1 aromatic heterocycles. The smallest absolute Gasteiger partial charge is 0.361 e. The fourth-order valence-corrected chi connectivity index (χ4v) is 4.11. The van der Waals surface area contributed by atoms with Gasteiger partial charge in [0, 0.05) is 24.7 Å². The molecule has 0 bridgehead atoms. The number of aryl methyl sites for hydroxylation is 1. The SMILES string of the molecule is Cn1cc(C(F)(F)F)c(SCCCCOC(C(F)(F)F)C(F)(F)F)c1-c1ccccc1. The lowest BCUT2D eigenvalue weighted by atomic mass is 10.1. The second kappa shape index (κ2) is 9.76. The Bertz CT molecular complexity index is 827. The van der Waals surface area contributed by atoms with Crippen molar-refractivity contribution >= 4 is 11.8 Å². The zero-order valence-corrected chi connectivity index (χ0v) is 16.9. The van der Waals surface area contributed by atoms with Crippen LogP contribution in [0, 0.1) is 0 Å². The standard InChI is InChI=1S/C19H18F9NOS/c1-29-11-13(17(20,21)22)15(14(29)12-7-3-2-4-8-12)31-10-6-5-9-30-16(18(23,24)25)19(26,27)28/h2-4,7-8,11,16H,5-6,9-10H2,1H3. The summed E-state index contributed by atoms with van der Waals surface area (Å²) >= 11 is 0.845.